The molecular weight excluding hydrogens is 306 g/mol. The quantitative estimate of drug-likeness (QED) is 0.719. The van der Waals surface area contributed by atoms with E-state index in [1.807, 2.05) is 6.21 Å². The smallest absolute Gasteiger partial charge is 0.113 e. The summed E-state index contributed by atoms with van der Waals surface area (Å²) in [4.78, 5) is 4.74. The highest BCUT2D eigenvalue weighted by Crippen LogP contribution is 2.33. The summed E-state index contributed by atoms with van der Waals surface area (Å²) in [7, 11) is 3.42. The molecule has 0 unspecified atom stereocenters. The molecule has 0 aliphatic heterocycles. The molecule has 0 aromatic carbocycles. The molecule has 4 heteroatoms. The third kappa shape index (κ3) is 3.85. The Balaban J connectivity index is 2.05. The molecule has 2 aliphatic rings. The van der Waals surface area contributed by atoms with Crippen LogP contribution >= 0.6 is 15.9 Å². The van der Waals surface area contributed by atoms with Gasteiger partial charge in [0.2, 0.25) is 0 Å². The summed E-state index contributed by atoms with van der Waals surface area (Å²) < 4.78 is 11.9. The van der Waals surface area contributed by atoms with Crippen molar-refractivity contribution in [3.8, 4) is 0 Å². The van der Waals surface area contributed by atoms with Crippen LogP contribution in [0, 0.1) is 0 Å². The van der Waals surface area contributed by atoms with Gasteiger partial charge in [0, 0.05) is 28.7 Å². The number of rotatable bonds is 4. The van der Waals surface area contributed by atoms with Crippen molar-refractivity contribution in [3.63, 3.8) is 0 Å². The third-order valence-corrected chi connectivity index (χ3v) is 4.56. The minimum Gasteiger partial charge on any atom is -0.500 e. The van der Waals surface area contributed by atoms with Gasteiger partial charge in [-0.05, 0) is 12.8 Å². The Bertz CT molecular complexity index is 406. The Kier molecular flexibility index (Phi) is 5.49. The average molecular weight is 328 g/mol. The Morgan fingerprint density at radius 2 is 1.74 bits per heavy atom. The Hall–Kier alpha value is -0.770. The highest BCUT2D eigenvalue weighted by Gasteiger charge is 2.20. The molecule has 0 amide bonds. The van der Waals surface area contributed by atoms with Crippen molar-refractivity contribution in [3.05, 3.63) is 21.6 Å². The largest absolute Gasteiger partial charge is 0.500 e. The van der Waals surface area contributed by atoms with Crippen molar-refractivity contribution < 1.29 is 9.47 Å². The maximum Gasteiger partial charge on any atom is 0.113 e. The van der Waals surface area contributed by atoms with E-state index in [1.54, 1.807) is 14.2 Å². The van der Waals surface area contributed by atoms with Crippen LogP contribution in [0.15, 0.2) is 26.6 Å². The molecule has 19 heavy (non-hydrogen) atoms. The van der Waals surface area contributed by atoms with Crippen LogP contribution in [-0.2, 0) is 9.47 Å². The van der Waals surface area contributed by atoms with Gasteiger partial charge in [0.15, 0.2) is 0 Å². The zero-order chi connectivity index (χ0) is 13.7. The lowest BCUT2D eigenvalue weighted by Crippen LogP contribution is -2.12. The van der Waals surface area contributed by atoms with E-state index in [-0.39, 0.29) is 0 Å². The van der Waals surface area contributed by atoms with Crippen LogP contribution in [0.1, 0.15) is 44.9 Å². The van der Waals surface area contributed by atoms with E-state index < -0.39 is 0 Å². The Morgan fingerprint density at radius 1 is 1.05 bits per heavy atom. The standard InChI is InChI=1S/C15H22BrNO2/c1-18-14-9-15(19-2)13(16)8-11(14)10-17-12-6-4-3-5-7-12/h10,12H,3-9H2,1-2H3. The summed E-state index contributed by atoms with van der Waals surface area (Å²) in [6.07, 6.45) is 9.98. The highest BCUT2D eigenvalue weighted by atomic mass is 79.9. The SMILES string of the molecule is COC1=C(Br)CC(C=NC2CCCCC2)=C(OC)C1. The third-order valence-electron chi connectivity index (χ3n) is 3.84. The summed E-state index contributed by atoms with van der Waals surface area (Å²) in [5, 5.41) is 0. The number of nitrogens with zero attached hydrogens (tertiary/aromatic N) is 1. The Morgan fingerprint density at radius 3 is 2.37 bits per heavy atom. The van der Waals surface area contributed by atoms with Gasteiger partial charge in [0.1, 0.15) is 11.5 Å². The average Bonchev–Trinajstić information content (AvgIpc) is 2.46. The van der Waals surface area contributed by atoms with Gasteiger partial charge in [0.05, 0.1) is 20.6 Å². The predicted octanol–water partition coefficient (Wildman–Crippen LogP) is 4.34. The van der Waals surface area contributed by atoms with E-state index in [2.05, 4.69) is 15.9 Å². The molecule has 0 heterocycles. The van der Waals surface area contributed by atoms with Crippen LogP contribution in [0.2, 0.25) is 0 Å². The van der Waals surface area contributed by atoms with Crippen molar-refractivity contribution in [2.75, 3.05) is 14.2 Å². The van der Waals surface area contributed by atoms with E-state index in [0.29, 0.717) is 12.5 Å². The highest BCUT2D eigenvalue weighted by molar-refractivity contribution is 9.11. The Labute approximate surface area is 123 Å². The van der Waals surface area contributed by atoms with Crippen molar-refractivity contribution in [2.24, 2.45) is 4.99 Å². The fraction of sp³-hybridized carbons (Fsp3) is 0.667. The molecule has 0 saturated heterocycles. The van der Waals surface area contributed by atoms with E-state index >= 15 is 0 Å². The van der Waals surface area contributed by atoms with Gasteiger partial charge in [-0.1, -0.05) is 35.2 Å². The van der Waals surface area contributed by atoms with Gasteiger partial charge in [-0.3, -0.25) is 4.99 Å². The molecule has 1 saturated carbocycles. The molecule has 0 radical (unpaired) electrons. The maximum absolute atomic E-state index is 5.48. The van der Waals surface area contributed by atoms with Crippen molar-refractivity contribution >= 4 is 22.1 Å². The summed E-state index contributed by atoms with van der Waals surface area (Å²) >= 11 is 3.58. The first-order chi connectivity index (χ1) is 9.24. The van der Waals surface area contributed by atoms with Gasteiger partial charge in [0.25, 0.3) is 0 Å². The van der Waals surface area contributed by atoms with Crippen LogP contribution in [0.3, 0.4) is 0 Å². The fourth-order valence-corrected chi connectivity index (χ4v) is 3.25. The zero-order valence-electron chi connectivity index (χ0n) is 11.7. The molecule has 106 valence electrons. The molecule has 2 rings (SSSR count). The molecule has 2 aliphatic carbocycles. The number of methoxy groups -OCH3 is 2. The van der Waals surface area contributed by atoms with Crippen molar-refractivity contribution in [1.29, 1.82) is 0 Å². The number of hydrogen-bond acceptors (Lipinski definition) is 3. The van der Waals surface area contributed by atoms with E-state index in [9.17, 15) is 0 Å². The lowest BCUT2D eigenvalue weighted by Gasteiger charge is -2.21. The molecular formula is C15H22BrNO2. The number of halogens is 1. The lowest BCUT2D eigenvalue weighted by atomic mass is 9.96. The van der Waals surface area contributed by atoms with Gasteiger partial charge >= 0.3 is 0 Å². The predicted molar refractivity (Wildman–Crippen MR) is 81.6 cm³/mol. The van der Waals surface area contributed by atoms with Crippen molar-refractivity contribution in [1.82, 2.24) is 0 Å². The molecule has 0 N–H and O–H groups in total. The van der Waals surface area contributed by atoms with Crippen molar-refractivity contribution in [2.45, 2.75) is 51.0 Å². The summed E-state index contributed by atoms with van der Waals surface area (Å²) in [5.74, 6) is 1.92. The van der Waals surface area contributed by atoms with E-state index in [1.165, 1.54) is 37.7 Å². The molecule has 3 nitrogen and oxygen atoms in total. The second-order valence-corrected chi connectivity index (χ2v) is 6.07. The van der Waals surface area contributed by atoms with Crippen LogP contribution in [0.25, 0.3) is 0 Å². The second kappa shape index (κ2) is 7.13. The number of hydrogen-bond donors (Lipinski definition) is 0. The van der Waals surface area contributed by atoms with E-state index in [0.717, 1.165) is 22.4 Å². The molecule has 0 bridgehead atoms. The minimum atomic E-state index is 0.505. The number of allylic oxidation sites excluding steroid dienone is 2. The molecule has 0 atom stereocenters. The normalized spacial score (nSPS) is 22.3. The summed E-state index contributed by atoms with van der Waals surface area (Å²) in [6.45, 7) is 0. The van der Waals surface area contributed by atoms with Gasteiger partial charge in [-0.15, -0.1) is 0 Å². The van der Waals surface area contributed by atoms with E-state index in [4.69, 9.17) is 14.5 Å². The van der Waals surface area contributed by atoms with Crippen LogP contribution < -0.4 is 0 Å². The topological polar surface area (TPSA) is 30.8 Å². The molecule has 0 aromatic rings. The van der Waals surface area contributed by atoms with Gasteiger partial charge < -0.3 is 9.47 Å². The van der Waals surface area contributed by atoms with Crippen LogP contribution in [0.4, 0.5) is 0 Å². The zero-order valence-corrected chi connectivity index (χ0v) is 13.3. The van der Waals surface area contributed by atoms with Crippen LogP contribution in [-0.4, -0.2) is 26.5 Å². The first-order valence-corrected chi connectivity index (χ1v) is 7.74. The fourth-order valence-electron chi connectivity index (χ4n) is 2.65. The van der Waals surface area contributed by atoms with Gasteiger partial charge in [-0.25, -0.2) is 0 Å². The first-order valence-electron chi connectivity index (χ1n) is 6.95. The molecule has 1 fully saturated rings. The first kappa shape index (κ1) is 14.6. The lowest BCUT2D eigenvalue weighted by molar-refractivity contribution is 0.231. The number of aliphatic imine (C=N–C) groups is 1. The monoisotopic (exact) mass is 327 g/mol. The maximum atomic E-state index is 5.48. The minimum absolute atomic E-state index is 0.505. The van der Waals surface area contributed by atoms with Crippen LogP contribution in [0.5, 0.6) is 0 Å². The summed E-state index contributed by atoms with van der Waals surface area (Å²) in [5.41, 5.74) is 1.17. The summed E-state index contributed by atoms with van der Waals surface area (Å²) in [6, 6.07) is 0.505. The second-order valence-electron chi connectivity index (χ2n) is 5.11. The van der Waals surface area contributed by atoms with Gasteiger partial charge in [-0.2, -0.15) is 0 Å². The number of ether oxygens (including phenoxy) is 2. The molecule has 0 aromatic heterocycles. The molecule has 0 spiro atoms.